The third kappa shape index (κ3) is 4.59. The zero-order chi connectivity index (χ0) is 24.5. The molecular formula is C23H23F3N6O2. The van der Waals surface area contributed by atoms with Crippen LogP contribution in [0, 0.1) is 0 Å². The Kier molecular flexibility index (Phi) is 6.27. The Hall–Kier alpha value is -3.89. The van der Waals surface area contributed by atoms with E-state index in [1.165, 1.54) is 42.6 Å². The number of carbonyl (C=O) groups excluding carboxylic acids is 1. The second-order valence-corrected chi connectivity index (χ2v) is 7.89. The molecule has 178 valence electrons. The van der Waals surface area contributed by atoms with Gasteiger partial charge in [-0.2, -0.15) is 13.2 Å². The first-order valence-electron chi connectivity index (χ1n) is 10.5. The predicted octanol–water partition coefficient (Wildman–Crippen LogP) is 4.83. The molecule has 3 aromatic rings. The normalized spacial score (nSPS) is 16.0. The molecule has 11 heteroatoms. The number of benzene rings is 1. The smallest absolute Gasteiger partial charge is 0.417 e. The maximum Gasteiger partial charge on any atom is 0.417 e. The Morgan fingerprint density at radius 2 is 1.94 bits per heavy atom. The number of amides is 2. The summed E-state index contributed by atoms with van der Waals surface area (Å²) in [6.45, 7) is 2.50. The largest absolute Gasteiger partial charge is 0.481 e. The number of fused-ring (bicyclic) bond motifs is 1. The van der Waals surface area contributed by atoms with Crippen LogP contribution in [-0.4, -0.2) is 47.7 Å². The number of anilines is 3. The molecule has 2 amide bonds. The third-order valence-corrected chi connectivity index (χ3v) is 5.63. The van der Waals surface area contributed by atoms with Gasteiger partial charge in [-0.3, -0.25) is 10.2 Å². The Labute approximate surface area is 194 Å². The van der Waals surface area contributed by atoms with E-state index in [4.69, 9.17) is 4.74 Å². The molecule has 1 aliphatic heterocycles. The molecule has 1 aromatic carbocycles. The van der Waals surface area contributed by atoms with E-state index in [9.17, 15) is 18.0 Å². The molecule has 0 unspecified atom stereocenters. The SMILES string of the molecule is COc1cc(NC(=O)N2c3nc(-c4ccccc4C(F)(F)F)ccc3N(C)CC[C@H]2C)ncn1. The van der Waals surface area contributed by atoms with Crippen molar-refractivity contribution in [3.05, 3.63) is 54.4 Å². The molecule has 1 aliphatic rings. The average Bonchev–Trinajstić information content (AvgIpc) is 2.94. The van der Waals surface area contributed by atoms with Gasteiger partial charge in [-0.05, 0) is 31.5 Å². The molecule has 0 spiro atoms. The van der Waals surface area contributed by atoms with Crippen molar-refractivity contribution in [2.45, 2.75) is 25.6 Å². The van der Waals surface area contributed by atoms with Crippen molar-refractivity contribution < 1.29 is 22.7 Å². The van der Waals surface area contributed by atoms with Crippen LogP contribution in [0.5, 0.6) is 5.88 Å². The number of hydrogen-bond donors (Lipinski definition) is 1. The van der Waals surface area contributed by atoms with E-state index in [1.54, 1.807) is 12.1 Å². The molecule has 0 saturated carbocycles. The van der Waals surface area contributed by atoms with Gasteiger partial charge in [0.25, 0.3) is 0 Å². The number of rotatable bonds is 3. The van der Waals surface area contributed by atoms with Crippen molar-refractivity contribution in [1.29, 1.82) is 0 Å². The minimum Gasteiger partial charge on any atom is -0.481 e. The van der Waals surface area contributed by atoms with Crippen molar-refractivity contribution in [3.63, 3.8) is 0 Å². The standard InChI is InChI=1S/C23H23F3N6O2/c1-14-10-11-31(2)18-9-8-17(15-6-4-5-7-16(15)23(24,25)26)29-21(18)32(14)22(33)30-19-12-20(34-3)28-13-27-19/h4-9,12-14H,10-11H2,1-3H3,(H,27,28,30,33)/t14-/m1/s1. The summed E-state index contributed by atoms with van der Waals surface area (Å²) in [5, 5.41) is 2.71. The molecule has 1 atom stereocenters. The number of nitrogens with zero attached hydrogens (tertiary/aromatic N) is 5. The highest BCUT2D eigenvalue weighted by Gasteiger charge is 2.35. The Bertz CT molecular complexity index is 1200. The van der Waals surface area contributed by atoms with Crippen molar-refractivity contribution in [2.75, 3.05) is 35.8 Å². The fourth-order valence-electron chi connectivity index (χ4n) is 3.84. The number of alkyl halides is 3. The van der Waals surface area contributed by atoms with E-state index in [1.807, 2.05) is 18.9 Å². The van der Waals surface area contributed by atoms with Gasteiger partial charge in [-0.15, -0.1) is 0 Å². The van der Waals surface area contributed by atoms with Crippen LogP contribution in [0.4, 0.5) is 35.3 Å². The molecule has 4 rings (SSSR count). The minimum absolute atomic E-state index is 0.0572. The summed E-state index contributed by atoms with van der Waals surface area (Å²) < 4.78 is 46.0. The van der Waals surface area contributed by atoms with Crippen molar-refractivity contribution in [2.24, 2.45) is 0 Å². The summed E-state index contributed by atoms with van der Waals surface area (Å²) in [7, 11) is 3.30. The number of ether oxygens (including phenoxy) is 1. The summed E-state index contributed by atoms with van der Waals surface area (Å²) in [5.41, 5.74) is -0.0940. The van der Waals surface area contributed by atoms with Gasteiger partial charge in [0.2, 0.25) is 5.88 Å². The topological polar surface area (TPSA) is 83.5 Å². The zero-order valence-electron chi connectivity index (χ0n) is 18.8. The van der Waals surface area contributed by atoms with Crippen LogP contribution in [0.25, 0.3) is 11.3 Å². The van der Waals surface area contributed by atoms with Gasteiger partial charge in [0, 0.05) is 31.3 Å². The molecule has 0 radical (unpaired) electrons. The number of carbonyl (C=O) groups is 1. The van der Waals surface area contributed by atoms with Gasteiger partial charge in [-0.1, -0.05) is 18.2 Å². The van der Waals surface area contributed by atoms with E-state index in [0.717, 1.165) is 6.07 Å². The fourth-order valence-corrected chi connectivity index (χ4v) is 3.84. The lowest BCUT2D eigenvalue weighted by Crippen LogP contribution is -2.42. The van der Waals surface area contributed by atoms with E-state index in [-0.39, 0.29) is 34.8 Å². The number of urea groups is 1. The van der Waals surface area contributed by atoms with Gasteiger partial charge < -0.3 is 9.64 Å². The quantitative estimate of drug-likeness (QED) is 0.588. The van der Waals surface area contributed by atoms with Crippen LogP contribution in [0.15, 0.2) is 48.8 Å². The van der Waals surface area contributed by atoms with Gasteiger partial charge in [0.1, 0.15) is 12.1 Å². The first-order chi connectivity index (χ1) is 16.2. The molecule has 34 heavy (non-hydrogen) atoms. The molecule has 2 aromatic heterocycles. The van der Waals surface area contributed by atoms with Crippen LogP contribution in [0.3, 0.4) is 0 Å². The monoisotopic (exact) mass is 472 g/mol. The van der Waals surface area contributed by atoms with Crippen LogP contribution < -0.4 is 19.9 Å². The van der Waals surface area contributed by atoms with E-state index in [2.05, 4.69) is 20.3 Å². The van der Waals surface area contributed by atoms with Crippen molar-refractivity contribution in [1.82, 2.24) is 15.0 Å². The lowest BCUT2D eigenvalue weighted by Gasteiger charge is -2.28. The van der Waals surface area contributed by atoms with Crippen LogP contribution >= 0.6 is 0 Å². The molecule has 0 fully saturated rings. The average molecular weight is 472 g/mol. The highest BCUT2D eigenvalue weighted by atomic mass is 19.4. The molecular weight excluding hydrogens is 449 g/mol. The zero-order valence-corrected chi connectivity index (χ0v) is 18.8. The molecule has 8 nitrogen and oxygen atoms in total. The molecule has 1 N–H and O–H groups in total. The van der Waals surface area contributed by atoms with Crippen LogP contribution in [0.1, 0.15) is 18.9 Å². The Balaban J connectivity index is 1.79. The summed E-state index contributed by atoms with van der Waals surface area (Å²) in [6, 6.07) is 9.16. The Morgan fingerprint density at radius 3 is 2.68 bits per heavy atom. The summed E-state index contributed by atoms with van der Waals surface area (Å²) >= 11 is 0. The summed E-state index contributed by atoms with van der Waals surface area (Å²) in [5.74, 6) is 0.765. The highest BCUT2D eigenvalue weighted by Crippen LogP contribution is 2.39. The second-order valence-electron chi connectivity index (χ2n) is 7.89. The molecule has 0 aliphatic carbocycles. The summed E-state index contributed by atoms with van der Waals surface area (Å²) in [6.07, 6.45) is -2.66. The number of methoxy groups -OCH3 is 1. The van der Waals surface area contributed by atoms with E-state index in [0.29, 0.717) is 18.7 Å². The van der Waals surface area contributed by atoms with Gasteiger partial charge in [0.05, 0.1) is 24.1 Å². The van der Waals surface area contributed by atoms with Crippen LogP contribution in [-0.2, 0) is 6.18 Å². The number of nitrogens with one attached hydrogen (secondary N) is 1. The van der Waals surface area contributed by atoms with Crippen LogP contribution in [0.2, 0.25) is 0 Å². The second kappa shape index (κ2) is 9.16. The lowest BCUT2D eigenvalue weighted by molar-refractivity contribution is -0.137. The van der Waals surface area contributed by atoms with Gasteiger partial charge in [0.15, 0.2) is 5.82 Å². The fraction of sp³-hybridized carbons (Fsp3) is 0.304. The molecule has 0 saturated heterocycles. The predicted molar refractivity (Wildman–Crippen MR) is 122 cm³/mol. The number of pyridine rings is 1. The maximum atomic E-state index is 13.6. The number of hydrogen-bond acceptors (Lipinski definition) is 6. The van der Waals surface area contributed by atoms with Crippen molar-refractivity contribution >= 4 is 23.4 Å². The lowest BCUT2D eigenvalue weighted by atomic mass is 10.0. The molecule has 0 bridgehead atoms. The first-order valence-corrected chi connectivity index (χ1v) is 10.5. The van der Waals surface area contributed by atoms with E-state index < -0.39 is 17.8 Å². The van der Waals surface area contributed by atoms with Crippen molar-refractivity contribution in [3.8, 4) is 17.1 Å². The minimum atomic E-state index is -4.54. The van der Waals surface area contributed by atoms with E-state index >= 15 is 0 Å². The third-order valence-electron chi connectivity index (χ3n) is 5.63. The number of halogens is 3. The highest BCUT2D eigenvalue weighted by molar-refractivity contribution is 6.03. The Morgan fingerprint density at radius 1 is 1.18 bits per heavy atom. The maximum absolute atomic E-state index is 13.6. The summed E-state index contributed by atoms with van der Waals surface area (Å²) in [4.78, 5) is 29.2. The first kappa shape index (κ1) is 23.3. The van der Waals surface area contributed by atoms with Gasteiger partial charge >= 0.3 is 12.2 Å². The molecule has 3 heterocycles. The number of aromatic nitrogens is 3. The van der Waals surface area contributed by atoms with Gasteiger partial charge in [-0.25, -0.2) is 19.7 Å².